The first-order valence-electron chi connectivity index (χ1n) is 8.40. The van der Waals surface area contributed by atoms with Gasteiger partial charge in [-0.05, 0) is 42.3 Å². The Morgan fingerprint density at radius 1 is 1.11 bits per heavy atom. The van der Waals surface area contributed by atoms with Crippen LogP contribution in [-0.2, 0) is 14.3 Å². The molecule has 0 aliphatic carbocycles. The summed E-state index contributed by atoms with van der Waals surface area (Å²) in [5, 5.41) is 0. The summed E-state index contributed by atoms with van der Waals surface area (Å²) in [4.78, 5) is 35.8. The number of esters is 2. The Morgan fingerprint density at radius 2 is 1.82 bits per heavy atom. The summed E-state index contributed by atoms with van der Waals surface area (Å²) in [6, 6.07) is 9.66. The average Bonchev–Trinajstić information content (AvgIpc) is 2.97. The molecule has 0 radical (unpaired) electrons. The van der Waals surface area contributed by atoms with Gasteiger partial charge in [0.25, 0.3) is 0 Å². The van der Waals surface area contributed by atoms with Crippen molar-refractivity contribution in [2.45, 2.75) is 6.92 Å². The smallest absolute Gasteiger partial charge is 0.337 e. The third-order valence-corrected chi connectivity index (χ3v) is 4.07. The quantitative estimate of drug-likeness (QED) is 0.446. The van der Waals surface area contributed by atoms with Gasteiger partial charge in [-0.25, -0.2) is 9.59 Å². The summed E-state index contributed by atoms with van der Waals surface area (Å²) in [6.07, 6.45) is 1.58. The number of methoxy groups -OCH3 is 2. The number of rotatable bonds is 5. The monoisotopic (exact) mass is 382 g/mol. The van der Waals surface area contributed by atoms with E-state index in [1.165, 1.54) is 20.3 Å². The molecule has 0 saturated heterocycles. The fraction of sp³-hybridized carbons (Fsp3) is 0.190. The molecule has 0 atom stereocenters. The molecule has 0 unspecified atom stereocenters. The van der Waals surface area contributed by atoms with Gasteiger partial charge in [0.2, 0.25) is 5.78 Å². The minimum absolute atomic E-state index is 0.143. The topological polar surface area (TPSA) is 88.1 Å². The largest absolute Gasteiger partial charge is 0.465 e. The van der Waals surface area contributed by atoms with Crippen molar-refractivity contribution in [2.24, 2.45) is 0 Å². The highest BCUT2D eigenvalue weighted by Crippen LogP contribution is 2.37. The SMILES string of the molecule is COCC(=O)Oc1cc(C)c2c(c1)O/C(=C\c1ccc(C(=O)OC)cc1)C2=O. The Morgan fingerprint density at radius 3 is 2.46 bits per heavy atom. The zero-order chi connectivity index (χ0) is 20.3. The normalized spacial score (nSPS) is 13.8. The second kappa shape index (κ2) is 8.06. The second-order valence-corrected chi connectivity index (χ2v) is 6.07. The third kappa shape index (κ3) is 3.94. The number of aryl methyl sites for hydroxylation is 1. The molecular weight excluding hydrogens is 364 g/mol. The van der Waals surface area contributed by atoms with Crippen LogP contribution in [0.1, 0.15) is 31.8 Å². The zero-order valence-corrected chi connectivity index (χ0v) is 15.6. The molecular formula is C21H18O7. The lowest BCUT2D eigenvalue weighted by atomic mass is 10.0. The van der Waals surface area contributed by atoms with E-state index < -0.39 is 11.9 Å². The van der Waals surface area contributed by atoms with Gasteiger partial charge < -0.3 is 18.9 Å². The van der Waals surface area contributed by atoms with E-state index in [-0.39, 0.29) is 23.9 Å². The summed E-state index contributed by atoms with van der Waals surface area (Å²) in [5.74, 6) is -0.514. The van der Waals surface area contributed by atoms with Crippen molar-refractivity contribution in [3.63, 3.8) is 0 Å². The van der Waals surface area contributed by atoms with Crippen LogP contribution in [0.15, 0.2) is 42.2 Å². The molecule has 1 heterocycles. The van der Waals surface area contributed by atoms with Crippen LogP contribution in [0.4, 0.5) is 0 Å². The molecule has 0 fully saturated rings. The molecule has 0 spiro atoms. The molecule has 0 saturated carbocycles. The molecule has 0 amide bonds. The van der Waals surface area contributed by atoms with Crippen LogP contribution in [0.5, 0.6) is 11.5 Å². The van der Waals surface area contributed by atoms with E-state index in [4.69, 9.17) is 14.2 Å². The number of Topliss-reactive ketones (excluding diaryl/α,β-unsaturated/α-hetero) is 1. The third-order valence-electron chi connectivity index (χ3n) is 4.07. The molecule has 1 aliphatic rings. The molecule has 2 aromatic rings. The van der Waals surface area contributed by atoms with E-state index in [0.717, 1.165) is 0 Å². The lowest BCUT2D eigenvalue weighted by molar-refractivity contribution is -0.138. The van der Waals surface area contributed by atoms with E-state index in [1.54, 1.807) is 43.3 Å². The molecule has 0 aromatic heterocycles. The highest BCUT2D eigenvalue weighted by molar-refractivity contribution is 6.15. The molecule has 1 aliphatic heterocycles. The first-order chi connectivity index (χ1) is 13.4. The Hall–Kier alpha value is -3.45. The maximum Gasteiger partial charge on any atom is 0.337 e. The predicted molar refractivity (Wildman–Crippen MR) is 99.4 cm³/mol. The number of carbonyl (C=O) groups excluding carboxylic acids is 3. The predicted octanol–water partition coefficient (Wildman–Crippen LogP) is 2.95. The second-order valence-electron chi connectivity index (χ2n) is 6.07. The summed E-state index contributed by atoms with van der Waals surface area (Å²) in [5.41, 5.74) is 2.15. The van der Waals surface area contributed by atoms with Gasteiger partial charge in [0.1, 0.15) is 18.1 Å². The maximum atomic E-state index is 12.7. The number of ether oxygens (including phenoxy) is 4. The van der Waals surface area contributed by atoms with E-state index in [2.05, 4.69) is 4.74 Å². The van der Waals surface area contributed by atoms with E-state index in [1.807, 2.05) is 0 Å². The van der Waals surface area contributed by atoms with Crippen molar-refractivity contribution >= 4 is 23.8 Å². The van der Waals surface area contributed by atoms with Crippen LogP contribution in [-0.4, -0.2) is 38.5 Å². The standard InChI is InChI=1S/C21H18O7/c1-12-8-15(27-18(22)11-25-2)10-16-19(12)20(23)17(28-16)9-13-4-6-14(7-5-13)21(24)26-3/h4-10H,11H2,1-3H3/b17-9-. The van der Waals surface area contributed by atoms with Crippen LogP contribution in [0.25, 0.3) is 6.08 Å². The van der Waals surface area contributed by atoms with E-state index >= 15 is 0 Å². The van der Waals surface area contributed by atoms with Gasteiger partial charge in [0.15, 0.2) is 5.76 Å². The molecule has 0 N–H and O–H groups in total. The van der Waals surface area contributed by atoms with Crippen LogP contribution in [0.3, 0.4) is 0 Å². The number of benzene rings is 2. The molecule has 144 valence electrons. The maximum absolute atomic E-state index is 12.7. The Bertz CT molecular complexity index is 971. The van der Waals surface area contributed by atoms with Crippen molar-refractivity contribution in [3.8, 4) is 11.5 Å². The highest BCUT2D eigenvalue weighted by Gasteiger charge is 2.30. The minimum atomic E-state index is -0.548. The van der Waals surface area contributed by atoms with Gasteiger partial charge in [-0.15, -0.1) is 0 Å². The van der Waals surface area contributed by atoms with Gasteiger partial charge in [0, 0.05) is 13.2 Å². The van der Waals surface area contributed by atoms with Gasteiger partial charge in [-0.3, -0.25) is 4.79 Å². The Labute approximate surface area is 161 Å². The summed E-state index contributed by atoms with van der Waals surface area (Å²) in [7, 11) is 2.70. The van der Waals surface area contributed by atoms with Gasteiger partial charge in [0.05, 0.1) is 18.2 Å². The molecule has 7 heteroatoms. The van der Waals surface area contributed by atoms with Crippen LogP contribution < -0.4 is 9.47 Å². The number of fused-ring (bicyclic) bond motifs is 1. The summed E-state index contributed by atoms with van der Waals surface area (Å²) < 4.78 is 20.3. The van der Waals surface area contributed by atoms with E-state index in [0.29, 0.717) is 28.0 Å². The summed E-state index contributed by atoms with van der Waals surface area (Å²) >= 11 is 0. The van der Waals surface area contributed by atoms with Crippen molar-refractivity contribution in [3.05, 3.63) is 64.4 Å². The summed E-state index contributed by atoms with van der Waals surface area (Å²) in [6.45, 7) is 1.56. The molecule has 28 heavy (non-hydrogen) atoms. The van der Waals surface area contributed by atoms with Gasteiger partial charge in [-0.1, -0.05) is 12.1 Å². The molecule has 7 nitrogen and oxygen atoms in total. The average molecular weight is 382 g/mol. The highest BCUT2D eigenvalue weighted by atomic mass is 16.6. The number of ketones is 1. The van der Waals surface area contributed by atoms with Crippen molar-refractivity contribution < 1.29 is 33.3 Å². The fourth-order valence-electron chi connectivity index (χ4n) is 2.80. The number of allylic oxidation sites excluding steroid dienone is 1. The van der Waals surface area contributed by atoms with Crippen LogP contribution in [0, 0.1) is 6.92 Å². The van der Waals surface area contributed by atoms with Crippen molar-refractivity contribution in [1.29, 1.82) is 0 Å². The molecule has 3 rings (SSSR count). The zero-order valence-electron chi connectivity index (χ0n) is 15.6. The first-order valence-corrected chi connectivity index (χ1v) is 8.40. The Balaban J connectivity index is 1.84. The fourth-order valence-corrected chi connectivity index (χ4v) is 2.80. The number of hydrogen-bond donors (Lipinski definition) is 0. The van der Waals surface area contributed by atoms with Crippen molar-refractivity contribution in [2.75, 3.05) is 20.8 Å². The van der Waals surface area contributed by atoms with Crippen LogP contribution >= 0.6 is 0 Å². The van der Waals surface area contributed by atoms with Gasteiger partial charge >= 0.3 is 11.9 Å². The first kappa shape index (κ1) is 19.3. The van der Waals surface area contributed by atoms with Crippen LogP contribution in [0.2, 0.25) is 0 Å². The Kier molecular flexibility index (Phi) is 5.56. The van der Waals surface area contributed by atoms with Gasteiger partial charge in [-0.2, -0.15) is 0 Å². The molecule has 0 bridgehead atoms. The molecule has 2 aromatic carbocycles. The number of hydrogen-bond acceptors (Lipinski definition) is 7. The van der Waals surface area contributed by atoms with E-state index in [9.17, 15) is 14.4 Å². The minimum Gasteiger partial charge on any atom is -0.465 e. The number of carbonyl (C=O) groups is 3. The lowest BCUT2D eigenvalue weighted by Crippen LogP contribution is -2.14. The lowest BCUT2D eigenvalue weighted by Gasteiger charge is -2.07. The van der Waals surface area contributed by atoms with Crippen molar-refractivity contribution in [1.82, 2.24) is 0 Å².